The van der Waals surface area contributed by atoms with Crippen molar-refractivity contribution in [1.29, 1.82) is 0 Å². The lowest BCUT2D eigenvalue weighted by molar-refractivity contribution is -0.122. The van der Waals surface area contributed by atoms with Crippen LogP contribution in [0.2, 0.25) is 10.0 Å². The standard InChI is InChI=1S/C22H24Cl2N2O2/c1-15(26-21(28)17-10-7-11-18(23)19(17)24)20(27)25-14-22(12-5-6-13-22)16-8-3-2-4-9-16/h2-4,7-11,15H,5-6,12-14H2,1H3,(H,25,27)(H,26,28). The van der Waals surface area contributed by atoms with Crippen LogP contribution in [0, 0.1) is 0 Å². The van der Waals surface area contributed by atoms with Crippen LogP contribution in [-0.4, -0.2) is 24.4 Å². The van der Waals surface area contributed by atoms with Crippen molar-refractivity contribution in [2.24, 2.45) is 0 Å². The van der Waals surface area contributed by atoms with Gasteiger partial charge in [-0.15, -0.1) is 0 Å². The summed E-state index contributed by atoms with van der Waals surface area (Å²) in [5.74, 6) is -0.637. The summed E-state index contributed by atoms with van der Waals surface area (Å²) in [5, 5.41) is 6.22. The van der Waals surface area contributed by atoms with E-state index in [0.29, 0.717) is 11.6 Å². The predicted molar refractivity (Wildman–Crippen MR) is 113 cm³/mol. The number of amides is 2. The van der Waals surface area contributed by atoms with Gasteiger partial charge in [-0.05, 0) is 37.5 Å². The van der Waals surface area contributed by atoms with E-state index < -0.39 is 11.9 Å². The van der Waals surface area contributed by atoms with E-state index in [1.54, 1.807) is 25.1 Å². The van der Waals surface area contributed by atoms with E-state index in [-0.39, 0.29) is 21.9 Å². The quantitative estimate of drug-likeness (QED) is 0.711. The fraction of sp³-hybridized carbons (Fsp3) is 0.364. The third-order valence-corrected chi connectivity index (χ3v) is 6.30. The molecule has 2 aromatic carbocycles. The first-order valence-corrected chi connectivity index (χ1v) is 10.3. The number of nitrogens with one attached hydrogen (secondary N) is 2. The van der Waals surface area contributed by atoms with Crippen LogP contribution >= 0.6 is 23.2 Å². The summed E-state index contributed by atoms with van der Waals surface area (Å²) >= 11 is 12.1. The van der Waals surface area contributed by atoms with Gasteiger partial charge in [0, 0.05) is 12.0 Å². The minimum Gasteiger partial charge on any atom is -0.353 e. The Morgan fingerprint density at radius 2 is 1.71 bits per heavy atom. The lowest BCUT2D eigenvalue weighted by Crippen LogP contribution is -2.48. The molecular weight excluding hydrogens is 395 g/mol. The van der Waals surface area contributed by atoms with Crippen LogP contribution < -0.4 is 10.6 Å². The number of carbonyl (C=O) groups excluding carboxylic acids is 2. The Kier molecular flexibility index (Phi) is 6.63. The van der Waals surface area contributed by atoms with Crippen molar-refractivity contribution in [3.05, 3.63) is 69.7 Å². The van der Waals surface area contributed by atoms with Crippen molar-refractivity contribution in [1.82, 2.24) is 10.6 Å². The molecule has 6 heteroatoms. The molecular formula is C22H24Cl2N2O2. The van der Waals surface area contributed by atoms with Gasteiger partial charge in [-0.2, -0.15) is 0 Å². The highest BCUT2D eigenvalue weighted by Gasteiger charge is 2.36. The Balaban J connectivity index is 1.62. The SMILES string of the molecule is CC(NC(=O)c1cccc(Cl)c1Cl)C(=O)NCC1(c2ccccc2)CCCC1. The normalized spacial score (nSPS) is 16.4. The van der Waals surface area contributed by atoms with Crippen LogP contribution in [0.1, 0.15) is 48.5 Å². The zero-order valence-corrected chi connectivity index (χ0v) is 17.3. The molecule has 0 radical (unpaired) electrons. The van der Waals surface area contributed by atoms with E-state index in [4.69, 9.17) is 23.2 Å². The van der Waals surface area contributed by atoms with Gasteiger partial charge in [0.1, 0.15) is 6.04 Å². The topological polar surface area (TPSA) is 58.2 Å². The minimum atomic E-state index is -0.684. The van der Waals surface area contributed by atoms with Gasteiger partial charge in [0.25, 0.3) is 5.91 Å². The largest absolute Gasteiger partial charge is 0.353 e. The molecule has 0 heterocycles. The first-order chi connectivity index (χ1) is 13.4. The second-order valence-corrected chi connectivity index (χ2v) is 8.15. The first kappa shape index (κ1) is 20.7. The Hall–Kier alpha value is -2.04. The van der Waals surface area contributed by atoms with Crippen LogP contribution in [0.3, 0.4) is 0 Å². The fourth-order valence-corrected chi connectivity index (χ4v) is 4.23. The summed E-state index contributed by atoms with van der Waals surface area (Å²) in [6.45, 7) is 2.23. The van der Waals surface area contributed by atoms with Crippen LogP contribution in [0.15, 0.2) is 48.5 Å². The number of halogens is 2. The summed E-state index contributed by atoms with van der Waals surface area (Å²) in [6.07, 6.45) is 4.42. The molecule has 1 unspecified atom stereocenters. The van der Waals surface area contributed by atoms with Gasteiger partial charge >= 0.3 is 0 Å². The Labute approximate surface area is 175 Å². The van der Waals surface area contributed by atoms with Gasteiger partial charge in [-0.1, -0.05) is 72.4 Å². The van der Waals surface area contributed by atoms with Crippen LogP contribution in [0.4, 0.5) is 0 Å². The first-order valence-electron chi connectivity index (χ1n) is 9.51. The molecule has 148 valence electrons. The number of hydrogen-bond donors (Lipinski definition) is 2. The summed E-state index contributed by atoms with van der Waals surface area (Å²) in [6, 6.07) is 14.5. The van der Waals surface area contributed by atoms with Crippen molar-refractivity contribution in [3.63, 3.8) is 0 Å². The van der Waals surface area contributed by atoms with E-state index >= 15 is 0 Å². The van der Waals surface area contributed by atoms with Crippen LogP contribution in [0.5, 0.6) is 0 Å². The van der Waals surface area contributed by atoms with Gasteiger partial charge in [0.15, 0.2) is 0 Å². The molecule has 4 nitrogen and oxygen atoms in total. The van der Waals surface area contributed by atoms with Gasteiger partial charge < -0.3 is 10.6 Å². The highest BCUT2D eigenvalue weighted by Crippen LogP contribution is 2.40. The number of rotatable bonds is 6. The molecule has 0 saturated heterocycles. The number of carbonyl (C=O) groups is 2. The average molecular weight is 419 g/mol. The Bertz CT molecular complexity index is 849. The van der Waals surface area contributed by atoms with Crippen molar-refractivity contribution in [3.8, 4) is 0 Å². The third-order valence-electron chi connectivity index (χ3n) is 5.48. The highest BCUT2D eigenvalue weighted by molar-refractivity contribution is 6.43. The van der Waals surface area contributed by atoms with Gasteiger partial charge in [-0.25, -0.2) is 0 Å². The molecule has 2 amide bonds. The molecule has 0 aromatic heterocycles. The van der Waals surface area contributed by atoms with Crippen molar-refractivity contribution < 1.29 is 9.59 Å². The van der Waals surface area contributed by atoms with E-state index in [1.807, 2.05) is 18.2 Å². The second kappa shape index (κ2) is 8.97. The lowest BCUT2D eigenvalue weighted by atomic mass is 9.79. The van der Waals surface area contributed by atoms with E-state index in [9.17, 15) is 9.59 Å². The molecule has 3 rings (SSSR count). The summed E-state index contributed by atoms with van der Waals surface area (Å²) < 4.78 is 0. The molecule has 28 heavy (non-hydrogen) atoms. The fourth-order valence-electron chi connectivity index (χ4n) is 3.84. The molecule has 0 bridgehead atoms. The molecule has 2 aromatic rings. The van der Waals surface area contributed by atoms with E-state index in [0.717, 1.165) is 25.7 Å². The van der Waals surface area contributed by atoms with Crippen LogP contribution in [0.25, 0.3) is 0 Å². The average Bonchev–Trinajstić information content (AvgIpc) is 3.19. The van der Waals surface area contributed by atoms with Gasteiger partial charge in [0.2, 0.25) is 5.91 Å². The zero-order valence-electron chi connectivity index (χ0n) is 15.8. The smallest absolute Gasteiger partial charge is 0.253 e. The van der Waals surface area contributed by atoms with E-state index in [1.165, 1.54) is 5.56 Å². The Morgan fingerprint density at radius 1 is 1.04 bits per heavy atom. The number of hydrogen-bond acceptors (Lipinski definition) is 2. The molecule has 1 atom stereocenters. The van der Waals surface area contributed by atoms with Crippen LogP contribution in [-0.2, 0) is 10.2 Å². The van der Waals surface area contributed by atoms with Gasteiger partial charge in [-0.3, -0.25) is 9.59 Å². The molecule has 0 spiro atoms. The maximum Gasteiger partial charge on any atom is 0.253 e. The Morgan fingerprint density at radius 3 is 2.39 bits per heavy atom. The van der Waals surface area contributed by atoms with Crippen molar-refractivity contribution in [2.75, 3.05) is 6.54 Å². The molecule has 0 aliphatic heterocycles. The molecule has 1 aliphatic carbocycles. The monoisotopic (exact) mass is 418 g/mol. The molecule has 1 saturated carbocycles. The van der Waals surface area contributed by atoms with E-state index in [2.05, 4.69) is 22.8 Å². The summed E-state index contributed by atoms with van der Waals surface area (Å²) in [7, 11) is 0. The lowest BCUT2D eigenvalue weighted by Gasteiger charge is -2.30. The number of benzene rings is 2. The maximum absolute atomic E-state index is 12.6. The van der Waals surface area contributed by atoms with Crippen molar-refractivity contribution in [2.45, 2.75) is 44.1 Å². The summed E-state index contributed by atoms with van der Waals surface area (Å²) in [5.41, 5.74) is 1.48. The highest BCUT2D eigenvalue weighted by atomic mass is 35.5. The molecule has 2 N–H and O–H groups in total. The van der Waals surface area contributed by atoms with Crippen molar-refractivity contribution >= 4 is 35.0 Å². The van der Waals surface area contributed by atoms with Gasteiger partial charge in [0.05, 0.1) is 15.6 Å². The zero-order chi connectivity index (χ0) is 20.1. The molecule has 1 fully saturated rings. The second-order valence-electron chi connectivity index (χ2n) is 7.37. The molecule has 1 aliphatic rings. The maximum atomic E-state index is 12.6. The minimum absolute atomic E-state index is 0.0308. The summed E-state index contributed by atoms with van der Waals surface area (Å²) in [4.78, 5) is 25.1. The predicted octanol–water partition coefficient (Wildman–Crippen LogP) is 4.74. The third kappa shape index (κ3) is 4.50.